The number of ether oxygens (including phenoxy) is 2. The highest BCUT2D eigenvalue weighted by atomic mass is 32.2. The monoisotopic (exact) mass is 680 g/mol. The SMILES string of the molecule is CCOc1cc(C)ccc1S(=O)(=O)NC(=O)Nc1ccc(Cc2ccc(NC(=O)NS(=O)(=O)c3ccc(C)cc3OCC)cc2)cc1. The van der Waals surface area contributed by atoms with Gasteiger partial charge in [-0.05, 0) is 105 Å². The summed E-state index contributed by atoms with van der Waals surface area (Å²) in [6, 6.07) is 21.0. The van der Waals surface area contributed by atoms with Gasteiger partial charge < -0.3 is 20.1 Å². The molecule has 0 aliphatic rings. The molecule has 0 saturated carbocycles. The van der Waals surface area contributed by atoms with Crippen molar-refractivity contribution in [2.24, 2.45) is 0 Å². The Hall–Kier alpha value is -5.08. The van der Waals surface area contributed by atoms with Gasteiger partial charge in [0.1, 0.15) is 21.3 Å². The molecule has 0 aliphatic heterocycles. The summed E-state index contributed by atoms with van der Waals surface area (Å²) in [5.41, 5.74) is 4.20. The molecule has 0 saturated heterocycles. The number of carbonyl (C=O) groups excluding carboxylic acids is 2. The number of benzene rings is 4. The maximum atomic E-state index is 12.8. The van der Waals surface area contributed by atoms with E-state index < -0.39 is 32.1 Å². The van der Waals surface area contributed by atoms with Crippen LogP contribution >= 0.6 is 0 Å². The Morgan fingerprint density at radius 2 is 0.936 bits per heavy atom. The smallest absolute Gasteiger partial charge is 0.333 e. The van der Waals surface area contributed by atoms with Gasteiger partial charge in [-0.1, -0.05) is 36.4 Å². The first-order chi connectivity index (χ1) is 22.3. The number of sulfonamides is 2. The summed E-state index contributed by atoms with van der Waals surface area (Å²) in [6.45, 7) is 7.61. The molecule has 4 rings (SSSR count). The lowest BCUT2D eigenvalue weighted by Gasteiger charge is -2.13. The van der Waals surface area contributed by atoms with Crippen LogP contribution < -0.4 is 29.6 Å². The zero-order valence-electron chi connectivity index (χ0n) is 26.3. The van der Waals surface area contributed by atoms with Crippen molar-refractivity contribution in [3.8, 4) is 11.5 Å². The van der Waals surface area contributed by atoms with Crippen molar-refractivity contribution >= 4 is 43.5 Å². The minimum atomic E-state index is -4.19. The minimum Gasteiger partial charge on any atom is -0.492 e. The lowest BCUT2D eigenvalue weighted by molar-refractivity contribution is 0.255. The second-order valence-electron chi connectivity index (χ2n) is 10.5. The van der Waals surface area contributed by atoms with E-state index in [1.807, 2.05) is 9.44 Å². The van der Waals surface area contributed by atoms with E-state index in [1.54, 1.807) is 100 Å². The van der Waals surface area contributed by atoms with Crippen LogP contribution in [-0.2, 0) is 26.5 Å². The largest absolute Gasteiger partial charge is 0.492 e. The molecule has 0 radical (unpaired) electrons. The molecule has 0 aliphatic carbocycles. The molecule has 0 spiro atoms. The van der Waals surface area contributed by atoms with E-state index in [-0.39, 0.29) is 34.5 Å². The number of amides is 4. The fourth-order valence-corrected chi connectivity index (χ4v) is 6.60. The average molecular weight is 681 g/mol. The molecular formula is C33H36N4O8S2. The van der Waals surface area contributed by atoms with Crippen molar-refractivity contribution in [3.63, 3.8) is 0 Å². The van der Waals surface area contributed by atoms with Gasteiger partial charge in [-0.15, -0.1) is 0 Å². The Kier molecular flexibility index (Phi) is 11.1. The highest BCUT2D eigenvalue weighted by Gasteiger charge is 2.24. The molecule has 14 heteroatoms. The predicted molar refractivity (Wildman–Crippen MR) is 179 cm³/mol. The molecule has 0 bridgehead atoms. The predicted octanol–water partition coefficient (Wildman–Crippen LogP) is 5.71. The van der Waals surface area contributed by atoms with Gasteiger partial charge in [0.05, 0.1) is 13.2 Å². The highest BCUT2D eigenvalue weighted by molar-refractivity contribution is 7.90. The van der Waals surface area contributed by atoms with E-state index >= 15 is 0 Å². The Labute approximate surface area is 274 Å². The average Bonchev–Trinajstić information content (AvgIpc) is 2.99. The fraction of sp³-hybridized carbons (Fsp3) is 0.212. The number of nitrogens with one attached hydrogen (secondary N) is 4. The third-order valence-corrected chi connectivity index (χ3v) is 9.40. The van der Waals surface area contributed by atoms with Gasteiger partial charge in [-0.3, -0.25) is 0 Å². The standard InChI is InChI=1S/C33H36N4O8S2/c1-5-44-28-19-22(3)7-17-30(28)46(40,41)36-32(38)34-26-13-9-24(10-14-26)21-25-11-15-27(16-12-25)35-33(39)37-47(42,43)31-18-8-23(4)20-29(31)45-6-2/h7-20H,5-6,21H2,1-4H3,(H2,34,36,38)(H2,35,37,39). The zero-order chi connectivity index (χ0) is 34.2. The molecule has 12 nitrogen and oxygen atoms in total. The lowest BCUT2D eigenvalue weighted by atomic mass is 10.0. The van der Waals surface area contributed by atoms with Gasteiger partial charge in [-0.25, -0.2) is 35.9 Å². The molecule has 4 N–H and O–H groups in total. The molecule has 47 heavy (non-hydrogen) atoms. The van der Waals surface area contributed by atoms with E-state index in [4.69, 9.17) is 9.47 Å². The van der Waals surface area contributed by atoms with Crippen LogP contribution in [0.5, 0.6) is 11.5 Å². The van der Waals surface area contributed by atoms with Gasteiger partial charge in [-0.2, -0.15) is 0 Å². The van der Waals surface area contributed by atoms with Crippen LogP contribution in [0, 0.1) is 13.8 Å². The summed E-state index contributed by atoms with van der Waals surface area (Å²) in [5, 5.41) is 5.04. The number of urea groups is 2. The number of hydrogen-bond acceptors (Lipinski definition) is 8. The van der Waals surface area contributed by atoms with Crippen LogP contribution in [0.3, 0.4) is 0 Å². The summed E-state index contributed by atoms with van der Waals surface area (Å²) >= 11 is 0. The molecule has 0 atom stereocenters. The Balaban J connectivity index is 1.32. The first-order valence-corrected chi connectivity index (χ1v) is 17.6. The summed E-state index contributed by atoms with van der Waals surface area (Å²) in [7, 11) is -8.38. The molecule has 0 fully saturated rings. The van der Waals surface area contributed by atoms with E-state index in [9.17, 15) is 26.4 Å². The number of rotatable bonds is 12. The van der Waals surface area contributed by atoms with Crippen LogP contribution in [-0.4, -0.2) is 42.1 Å². The van der Waals surface area contributed by atoms with Crippen molar-refractivity contribution < 1.29 is 35.9 Å². The van der Waals surface area contributed by atoms with E-state index in [0.29, 0.717) is 17.8 Å². The molecule has 4 aromatic carbocycles. The van der Waals surface area contributed by atoms with Crippen molar-refractivity contribution in [2.75, 3.05) is 23.8 Å². The Bertz CT molecular complexity index is 1820. The topological polar surface area (TPSA) is 169 Å². The summed E-state index contributed by atoms with van der Waals surface area (Å²) in [4.78, 5) is 24.7. The van der Waals surface area contributed by atoms with Crippen LogP contribution in [0.1, 0.15) is 36.1 Å². The minimum absolute atomic E-state index is 0.138. The first-order valence-electron chi connectivity index (χ1n) is 14.6. The van der Waals surface area contributed by atoms with Crippen LogP contribution in [0.25, 0.3) is 0 Å². The fourth-order valence-electron chi connectivity index (χ4n) is 4.53. The number of carbonyl (C=O) groups is 2. The lowest BCUT2D eigenvalue weighted by Crippen LogP contribution is -2.34. The summed E-state index contributed by atoms with van der Waals surface area (Å²) in [5.74, 6) is 0.318. The highest BCUT2D eigenvalue weighted by Crippen LogP contribution is 2.26. The van der Waals surface area contributed by atoms with Gasteiger partial charge in [0.15, 0.2) is 0 Å². The second-order valence-corrected chi connectivity index (χ2v) is 13.8. The van der Waals surface area contributed by atoms with Crippen LogP contribution in [0.4, 0.5) is 21.0 Å². The van der Waals surface area contributed by atoms with Crippen molar-refractivity contribution in [3.05, 3.63) is 107 Å². The van der Waals surface area contributed by atoms with Crippen molar-refractivity contribution in [2.45, 2.75) is 43.9 Å². The van der Waals surface area contributed by atoms with E-state index in [2.05, 4.69) is 10.6 Å². The van der Waals surface area contributed by atoms with Crippen LogP contribution in [0.2, 0.25) is 0 Å². The van der Waals surface area contributed by atoms with Crippen molar-refractivity contribution in [1.82, 2.24) is 9.44 Å². The summed E-state index contributed by atoms with van der Waals surface area (Å²) in [6.07, 6.45) is 0.517. The Morgan fingerprint density at radius 3 is 1.28 bits per heavy atom. The number of aryl methyl sites for hydroxylation is 2. The Morgan fingerprint density at radius 1 is 0.574 bits per heavy atom. The van der Waals surface area contributed by atoms with Gasteiger partial charge >= 0.3 is 12.1 Å². The maximum absolute atomic E-state index is 12.8. The third-order valence-electron chi connectivity index (χ3n) is 6.66. The first kappa shape index (κ1) is 34.8. The maximum Gasteiger partial charge on any atom is 0.333 e. The molecule has 0 aromatic heterocycles. The van der Waals surface area contributed by atoms with Crippen molar-refractivity contribution in [1.29, 1.82) is 0 Å². The molecular weight excluding hydrogens is 645 g/mol. The molecule has 0 heterocycles. The second kappa shape index (κ2) is 15.0. The van der Waals surface area contributed by atoms with Gasteiger partial charge in [0.25, 0.3) is 20.0 Å². The summed E-state index contributed by atoms with van der Waals surface area (Å²) < 4.78 is 66.2. The number of anilines is 2. The van der Waals surface area contributed by atoms with E-state index in [0.717, 1.165) is 22.3 Å². The van der Waals surface area contributed by atoms with E-state index in [1.165, 1.54) is 12.1 Å². The van der Waals surface area contributed by atoms with Gasteiger partial charge in [0, 0.05) is 11.4 Å². The van der Waals surface area contributed by atoms with Crippen LogP contribution in [0.15, 0.2) is 94.7 Å². The third kappa shape index (κ3) is 9.47. The normalized spacial score (nSPS) is 11.3. The quantitative estimate of drug-likeness (QED) is 0.147. The van der Waals surface area contributed by atoms with Gasteiger partial charge in [0.2, 0.25) is 0 Å². The molecule has 4 amide bonds. The number of hydrogen-bond donors (Lipinski definition) is 4. The zero-order valence-corrected chi connectivity index (χ0v) is 27.9. The molecule has 4 aromatic rings. The molecule has 248 valence electrons. The molecule has 0 unspecified atom stereocenters.